The minimum Gasteiger partial charge on any atom is -0.383 e. The average Bonchev–Trinajstić information content (AvgIpc) is 2.78. The predicted molar refractivity (Wildman–Crippen MR) is 68.9 cm³/mol. The van der Waals surface area contributed by atoms with Crippen LogP contribution >= 0.6 is 11.6 Å². The van der Waals surface area contributed by atoms with Crippen LogP contribution in [0.1, 0.15) is 17.7 Å². The minimum absolute atomic E-state index is 0.623. The molecule has 1 aromatic carbocycles. The quantitative estimate of drug-likeness (QED) is 0.841. The molecule has 1 heterocycles. The summed E-state index contributed by atoms with van der Waals surface area (Å²) in [5.41, 5.74) is 9.14. The second-order valence-electron chi connectivity index (χ2n) is 4.22. The lowest BCUT2D eigenvalue weighted by Gasteiger charge is -2.06. The lowest BCUT2D eigenvalue weighted by molar-refractivity contribution is 0.900. The molecule has 0 fully saturated rings. The second kappa shape index (κ2) is 4.00. The Hall–Kier alpha value is -1.61. The van der Waals surface area contributed by atoms with Gasteiger partial charge in [-0.15, -0.1) is 0 Å². The van der Waals surface area contributed by atoms with E-state index < -0.39 is 0 Å². The van der Waals surface area contributed by atoms with Gasteiger partial charge in [0, 0.05) is 21.8 Å². The SMILES string of the molecule is Nc1nc(-c2ccc(Cl)cc2)nc2c1CCC2. The van der Waals surface area contributed by atoms with Gasteiger partial charge in [0.25, 0.3) is 0 Å². The van der Waals surface area contributed by atoms with Crippen LogP contribution in [0.4, 0.5) is 5.82 Å². The van der Waals surface area contributed by atoms with Gasteiger partial charge in [0.1, 0.15) is 5.82 Å². The zero-order chi connectivity index (χ0) is 11.8. The van der Waals surface area contributed by atoms with Crippen LogP contribution in [0.25, 0.3) is 11.4 Å². The molecule has 1 aliphatic carbocycles. The fourth-order valence-corrected chi connectivity index (χ4v) is 2.32. The Labute approximate surface area is 105 Å². The fourth-order valence-electron chi connectivity index (χ4n) is 2.19. The van der Waals surface area contributed by atoms with Crippen LogP contribution in [0, 0.1) is 0 Å². The summed E-state index contributed by atoms with van der Waals surface area (Å²) in [6, 6.07) is 7.50. The van der Waals surface area contributed by atoms with E-state index in [1.54, 1.807) is 0 Å². The Balaban J connectivity index is 2.10. The van der Waals surface area contributed by atoms with Gasteiger partial charge < -0.3 is 5.73 Å². The van der Waals surface area contributed by atoms with Crippen molar-refractivity contribution < 1.29 is 0 Å². The first-order valence-electron chi connectivity index (χ1n) is 5.65. The molecule has 0 bridgehead atoms. The van der Waals surface area contributed by atoms with Crippen molar-refractivity contribution in [3.63, 3.8) is 0 Å². The normalized spacial score (nSPS) is 13.7. The summed E-state index contributed by atoms with van der Waals surface area (Å²) in [7, 11) is 0. The zero-order valence-corrected chi connectivity index (χ0v) is 10.0. The van der Waals surface area contributed by atoms with Crippen LogP contribution in [0.5, 0.6) is 0 Å². The molecule has 0 saturated heterocycles. The van der Waals surface area contributed by atoms with Crippen LogP contribution in [-0.4, -0.2) is 9.97 Å². The van der Waals surface area contributed by atoms with Gasteiger partial charge in [0.15, 0.2) is 5.82 Å². The van der Waals surface area contributed by atoms with E-state index >= 15 is 0 Å². The molecule has 2 N–H and O–H groups in total. The summed E-state index contributed by atoms with van der Waals surface area (Å²) in [5, 5.41) is 0.711. The number of hydrogen-bond donors (Lipinski definition) is 1. The van der Waals surface area contributed by atoms with Gasteiger partial charge in [0.2, 0.25) is 0 Å². The Bertz CT molecular complexity index is 564. The van der Waals surface area contributed by atoms with Gasteiger partial charge in [-0.1, -0.05) is 11.6 Å². The summed E-state index contributed by atoms with van der Waals surface area (Å²) in [5.74, 6) is 1.32. The number of anilines is 1. The Morgan fingerprint density at radius 2 is 1.82 bits per heavy atom. The number of halogens is 1. The van der Waals surface area contributed by atoms with Crippen LogP contribution in [0.3, 0.4) is 0 Å². The topological polar surface area (TPSA) is 51.8 Å². The molecule has 0 unspecified atom stereocenters. The Morgan fingerprint density at radius 1 is 1.06 bits per heavy atom. The van der Waals surface area contributed by atoms with Gasteiger partial charge in [0.05, 0.1) is 0 Å². The van der Waals surface area contributed by atoms with Crippen molar-refractivity contribution in [1.82, 2.24) is 9.97 Å². The van der Waals surface area contributed by atoms with Crippen molar-refractivity contribution in [2.75, 3.05) is 5.73 Å². The molecule has 1 aliphatic rings. The molecular formula is C13H12ClN3. The number of benzene rings is 1. The Kier molecular flexibility index (Phi) is 2.48. The second-order valence-corrected chi connectivity index (χ2v) is 4.65. The molecule has 2 aromatic rings. The minimum atomic E-state index is 0.623. The third kappa shape index (κ3) is 1.87. The largest absolute Gasteiger partial charge is 0.383 e. The third-order valence-electron chi connectivity index (χ3n) is 3.07. The molecule has 0 aliphatic heterocycles. The lowest BCUT2D eigenvalue weighted by Crippen LogP contribution is -2.02. The third-order valence-corrected chi connectivity index (χ3v) is 3.32. The number of nitrogens with two attached hydrogens (primary N) is 1. The van der Waals surface area contributed by atoms with Crippen molar-refractivity contribution in [2.45, 2.75) is 19.3 Å². The lowest BCUT2D eigenvalue weighted by atomic mass is 10.2. The maximum Gasteiger partial charge on any atom is 0.161 e. The highest BCUT2D eigenvalue weighted by atomic mass is 35.5. The monoisotopic (exact) mass is 245 g/mol. The van der Waals surface area contributed by atoms with Crippen LogP contribution in [0.15, 0.2) is 24.3 Å². The molecule has 0 saturated carbocycles. The number of fused-ring (bicyclic) bond motifs is 1. The van der Waals surface area contributed by atoms with Gasteiger partial charge in [-0.3, -0.25) is 0 Å². The van der Waals surface area contributed by atoms with E-state index in [1.807, 2.05) is 24.3 Å². The average molecular weight is 246 g/mol. The fraction of sp³-hybridized carbons (Fsp3) is 0.231. The molecule has 4 heteroatoms. The van der Waals surface area contributed by atoms with Gasteiger partial charge in [-0.05, 0) is 43.5 Å². The van der Waals surface area contributed by atoms with Crippen molar-refractivity contribution in [3.8, 4) is 11.4 Å². The maximum absolute atomic E-state index is 5.96. The van der Waals surface area contributed by atoms with E-state index in [9.17, 15) is 0 Å². The molecule has 3 rings (SSSR count). The first-order chi connectivity index (χ1) is 8.24. The van der Waals surface area contributed by atoms with Crippen molar-refractivity contribution in [1.29, 1.82) is 0 Å². The van der Waals surface area contributed by atoms with Crippen LogP contribution in [-0.2, 0) is 12.8 Å². The highest BCUT2D eigenvalue weighted by molar-refractivity contribution is 6.30. The molecule has 0 amide bonds. The van der Waals surface area contributed by atoms with Gasteiger partial charge in [-0.25, -0.2) is 9.97 Å². The van der Waals surface area contributed by atoms with E-state index in [0.29, 0.717) is 16.7 Å². The molecule has 0 atom stereocenters. The smallest absolute Gasteiger partial charge is 0.161 e. The summed E-state index contributed by atoms with van der Waals surface area (Å²) in [4.78, 5) is 8.95. The summed E-state index contributed by atoms with van der Waals surface area (Å²) in [6.45, 7) is 0. The highest BCUT2D eigenvalue weighted by Gasteiger charge is 2.18. The summed E-state index contributed by atoms with van der Waals surface area (Å²) >= 11 is 5.86. The maximum atomic E-state index is 5.96. The van der Waals surface area contributed by atoms with Gasteiger partial charge >= 0.3 is 0 Å². The molecule has 3 nitrogen and oxygen atoms in total. The molecule has 0 radical (unpaired) electrons. The van der Waals surface area contributed by atoms with Crippen molar-refractivity contribution >= 4 is 17.4 Å². The van der Waals surface area contributed by atoms with E-state index in [-0.39, 0.29) is 0 Å². The number of nitrogens with zero attached hydrogens (tertiary/aromatic N) is 2. The first kappa shape index (κ1) is 10.5. The molecule has 0 spiro atoms. The molecule has 86 valence electrons. The molecule has 1 aromatic heterocycles. The number of aryl methyl sites for hydroxylation is 1. The number of nitrogen functional groups attached to an aromatic ring is 1. The van der Waals surface area contributed by atoms with E-state index in [0.717, 1.165) is 36.1 Å². The van der Waals surface area contributed by atoms with Crippen molar-refractivity contribution in [2.24, 2.45) is 0 Å². The summed E-state index contributed by atoms with van der Waals surface area (Å²) in [6.07, 6.45) is 3.13. The number of aromatic nitrogens is 2. The predicted octanol–water partition coefficient (Wildman–Crippen LogP) is 2.87. The van der Waals surface area contributed by atoms with Crippen LogP contribution < -0.4 is 5.73 Å². The van der Waals surface area contributed by atoms with E-state index in [1.165, 1.54) is 0 Å². The molecular weight excluding hydrogens is 234 g/mol. The van der Waals surface area contributed by atoms with E-state index in [4.69, 9.17) is 17.3 Å². The highest BCUT2D eigenvalue weighted by Crippen LogP contribution is 2.27. The standard InChI is InChI=1S/C13H12ClN3/c14-9-6-4-8(5-7-9)13-16-11-3-1-2-10(11)12(15)17-13/h4-7H,1-3H2,(H2,15,16,17). The zero-order valence-electron chi connectivity index (χ0n) is 9.28. The number of hydrogen-bond acceptors (Lipinski definition) is 3. The van der Waals surface area contributed by atoms with Crippen molar-refractivity contribution in [3.05, 3.63) is 40.5 Å². The number of rotatable bonds is 1. The Morgan fingerprint density at radius 3 is 2.59 bits per heavy atom. The summed E-state index contributed by atoms with van der Waals surface area (Å²) < 4.78 is 0. The van der Waals surface area contributed by atoms with E-state index in [2.05, 4.69) is 9.97 Å². The van der Waals surface area contributed by atoms with Gasteiger partial charge in [-0.2, -0.15) is 0 Å². The van der Waals surface area contributed by atoms with Crippen LogP contribution in [0.2, 0.25) is 5.02 Å². The first-order valence-corrected chi connectivity index (χ1v) is 6.03. The molecule has 17 heavy (non-hydrogen) atoms.